The number of amides is 2. The van der Waals surface area contributed by atoms with Crippen LogP contribution in [0.1, 0.15) is 24.0 Å². The average Bonchev–Trinajstić information content (AvgIpc) is 3.11. The highest BCUT2D eigenvalue weighted by atomic mass is 16.2. The first-order valence-corrected chi connectivity index (χ1v) is 8.33. The van der Waals surface area contributed by atoms with Gasteiger partial charge >= 0.3 is 0 Å². The number of aryl methyl sites for hydroxylation is 1. The van der Waals surface area contributed by atoms with Crippen molar-refractivity contribution >= 4 is 11.8 Å². The Labute approximate surface area is 141 Å². The van der Waals surface area contributed by atoms with Crippen molar-refractivity contribution in [3.05, 3.63) is 53.9 Å². The van der Waals surface area contributed by atoms with Gasteiger partial charge in [-0.15, -0.1) is 0 Å². The van der Waals surface area contributed by atoms with Crippen molar-refractivity contribution in [1.29, 1.82) is 0 Å². The molecule has 1 fully saturated rings. The highest BCUT2D eigenvalue weighted by molar-refractivity contribution is 5.89. The minimum Gasteiger partial charge on any atom is -0.353 e. The number of carbonyl (C=O) groups is 2. The first-order chi connectivity index (χ1) is 11.7. The summed E-state index contributed by atoms with van der Waals surface area (Å²) in [5, 5.41) is 9.55. The summed E-state index contributed by atoms with van der Waals surface area (Å²) >= 11 is 0. The number of aromatic amines is 1. The van der Waals surface area contributed by atoms with Gasteiger partial charge in [-0.2, -0.15) is 5.10 Å². The molecule has 0 unspecified atom stereocenters. The summed E-state index contributed by atoms with van der Waals surface area (Å²) in [5.41, 5.74) is 2.16. The van der Waals surface area contributed by atoms with Gasteiger partial charge < -0.3 is 10.2 Å². The van der Waals surface area contributed by atoms with E-state index >= 15 is 0 Å². The monoisotopic (exact) mass is 326 g/mol. The minimum atomic E-state index is -0.414. The molecule has 2 heterocycles. The van der Waals surface area contributed by atoms with E-state index in [-0.39, 0.29) is 11.8 Å². The fourth-order valence-corrected chi connectivity index (χ4v) is 3.06. The van der Waals surface area contributed by atoms with Crippen LogP contribution < -0.4 is 5.32 Å². The van der Waals surface area contributed by atoms with E-state index in [2.05, 4.69) is 15.5 Å². The molecule has 0 saturated carbocycles. The van der Waals surface area contributed by atoms with Crippen LogP contribution in [0, 0.1) is 0 Å². The second-order valence-electron chi connectivity index (χ2n) is 6.04. The molecule has 0 bridgehead atoms. The van der Waals surface area contributed by atoms with Crippen LogP contribution in [-0.4, -0.2) is 46.0 Å². The van der Waals surface area contributed by atoms with Gasteiger partial charge in [-0.05, 0) is 24.0 Å². The van der Waals surface area contributed by atoms with Crippen LogP contribution in [0.5, 0.6) is 0 Å². The Hall–Kier alpha value is -2.63. The van der Waals surface area contributed by atoms with Gasteiger partial charge in [-0.1, -0.05) is 30.3 Å². The molecule has 1 aromatic carbocycles. The Bertz CT molecular complexity index is 670. The maximum Gasteiger partial charge on any atom is 0.243 e. The first-order valence-electron chi connectivity index (χ1n) is 8.33. The van der Waals surface area contributed by atoms with Gasteiger partial charge in [0.2, 0.25) is 11.8 Å². The third-order valence-electron chi connectivity index (χ3n) is 4.33. The van der Waals surface area contributed by atoms with Crippen LogP contribution in [-0.2, 0) is 22.4 Å². The van der Waals surface area contributed by atoms with Crippen LogP contribution in [0.4, 0.5) is 0 Å². The zero-order valence-corrected chi connectivity index (χ0v) is 13.6. The van der Waals surface area contributed by atoms with E-state index in [1.165, 1.54) is 0 Å². The van der Waals surface area contributed by atoms with Crippen LogP contribution in [0.3, 0.4) is 0 Å². The fourth-order valence-electron chi connectivity index (χ4n) is 3.06. The maximum absolute atomic E-state index is 12.6. The smallest absolute Gasteiger partial charge is 0.243 e. The molecule has 1 aliphatic rings. The van der Waals surface area contributed by atoms with Crippen molar-refractivity contribution in [2.24, 2.45) is 0 Å². The molecule has 0 radical (unpaired) electrons. The van der Waals surface area contributed by atoms with E-state index in [0.717, 1.165) is 24.0 Å². The van der Waals surface area contributed by atoms with Crippen molar-refractivity contribution < 1.29 is 9.59 Å². The van der Waals surface area contributed by atoms with Crippen molar-refractivity contribution in [2.45, 2.75) is 31.7 Å². The lowest BCUT2D eigenvalue weighted by Gasteiger charge is -2.35. The van der Waals surface area contributed by atoms with Crippen LogP contribution in [0.25, 0.3) is 0 Å². The van der Waals surface area contributed by atoms with Gasteiger partial charge in [0.25, 0.3) is 0 Å². The molecule has 24 heavy (non-hydrogen) atoms. The van der Waals surface area contributed by atoms with Gasteiger partial charge in [0, 0.05) is 32.1 Å². The Morgan fingerprint density at radius 3 is 2.83 bits per heavy atom. The molecular formula is C18H22N4O2. The van der Waals surface area contributed by atoms with E-state index in [1.54, 1.807) is 11.1 Å². The molecule has 1 aliphatic heterocycles. The summed E-state index contributed by atoms with van der Waals surface area (Å²) in [6, 6.07) is 9.42. The summed E-state index contributed by atoms with van der Waals surface area (Å²) in [5.74, 6) is -0.0115. The van der Waals surface area contributed by atoms with Crippen molar-refractivity contribution in [1.82, 2.24) is 20.4 Å². The second-order valence-corrected chi connectivity index (χ2v) is 6.04. The number of rotatable bonds is 6. The number of piperazine rings is 1. The Morgan fingerprint density at radius 2 is 2.08 bits per heavy atom. The number of benzene rings is 1. The number of aromatic nitrogens is 2. The van der Waals surface area contributed by atoms with Gasteiger partial charge in [0.1, 0.15) is 6.04 Å². The van der Waals surface area contributed by atoms with Crippen LogP contribution in [0.2, 0.25) is 0 Å². The van der Waals surface area contributed by atoms with E-state index in [4.69, 9.17) is 0 Å². The standard InChI is InChI=1S/C18H22N4O2/c23-17(8-4-7-15-12-20-21-13-15)22-10-9-19-18(24)16(22)11-14-5-2-1-3-6-14/h1-3,5-6,12-13,16H,4,7-11H2,(H,19,24)(H,20,21)/t16-/m0/s1. The molecule has 2 N–H and O–H groups in total. The SMILES string of the molecule is O=C1NCCN(C(=O)CCCc2cn[nH]c2)[C@H]1Cc1ccccc1. The third kappa shape index (κ3) is 4.01. The number of hydrogen-bond donors (Lipinski definition) is 2. The van der Waals surface area contributed by atoms with E-state index < -0.39 is 6.04 Å². The molecule has 6 heteroatoms. The van der Waals surface area contributed by atoms with Gasteiger partial charge in [0.15, 0.2) is 0 Å². The van der Waals surface area contributed by atoms with Gasteiger partial charge in [-0.3, -0.25) is 14.7 Å². The van der Waals surface area contributed by atoms with E-state index in [0.29, 0.717) is 25.9 Å². The summed E-state index contributed by atoms with van der Waals surface area (Å²) in [7, 11) is 0. The normalized spacial score (nSPS) is 17.6. The highest BCUT2D eigenvalue weighted by Crippen LogP contribution is 2.15. The molecule has 126 valence electrons. The largest absolute Gasteiger partial charge is 0.353 e. The third-order valence-corrected chi connectivity index (χ3v) is 4.33. The summed E-state index contributed by atoms with van der Waals surface area (Å²) in [4.78, 5) is 26.6. The van der Waals surface area contributed by atoms with Crippen LogP contribution in [0.15, 0.2) is 42.7 Å². The summed E-state index contributed by atoms with van der Waals surface area (Å²) in [6.07, 6.45) is 6.19. The number of hydrogen-bond acceptors (Lipinski definition) is 3. The summed E-state index contributed by atoms with van der Waals surface area (Å²) in [6.45, 7) is 1.10. The Balaban J connectivity index is 1.60. The van der Waals surface area contributed by atoms with E-state index in [1.807, 2.05) is 36.5 Å². The number of carbonyl (C=O) groups excluding carboxylic acids is 2. The molecule has 0 aliphatic carbocycles. The second kappa shape index (κ2) is 7.77. The lowest BCUT2D eigenvalue weighted by atomic mass is 10.0. The number of nitrogens with zero attached hydrogens (tertiary/aromatic N) is 2. The predicted octanol–water partition coefficient (Wildman–Crippen LogP) is 1.30. The Kier molecular flexibility index (Phi) is 5.25. The van der Waals surface area contributed by atoms with E-state index in [9.17, 15) is 9.59 Å². The lowest BCUT2D eigenvalue weighted by molar-refractivity contribution is -0.143. The molecule has 6 nitrogen and oxygen atoms in total. The summed E-state index contributed by atoms with van der Waals surface area (Å²) < 4.78 is 0. The first kappa shape index (κ1) is 16.2. The molecule has 1 saturated heterocycles. The zero-order valence-electron chi connectivity index (χ0n) is 13.6. The molecular weight excluding hydrogens is 304 g/mol. The molecule has 1 aromatic heterocycles. The maximum atomic E-state index is 12.6. The molecule has 2 aromatic rings. The van der Waals surface area contributed by atoms with Gasteiger partial charge in [-0.25, -0.2) is 0 Å². The fraction of sp³-hybridized carbons (Fsp3) is 0.389. The Morgan fingerprint density at radius 1 is 1.25 bits per heavy atom. The lowest BCUT2D eigenvalue weighted by Crippen LogP contribution is -2.58. The van der Waals surface area contributed by atoms with Crippen molar-refractivity contribution in [3.8, 4) is 0 Å². The quantitative estimate of drug-likeness (QED) is 0.840. The minimum absolute atomic E-state index is 0.0503. The van der Waals surface area contributed by atoms with Gasteiger partial charge in [0.05, 0.1) is 6.20 Å². The zero-order chi connectivity index (χ0) is 16.8. The van der Waals surface area contributed by atoms with Crippen LogP contribution >= 0.6 is 0 Å². The highest BCUT2D eigenvalue weighted by Gasteiger charge is 2.32. The molecule has 3 rings (SSSR count). The average molecular weight is 326 g/mol. The van der Waals surface area contributed by atoms with Crippen molar-refractivity contribution in [3.63, 3.8) is 0 Å². The van der Waals surface area contributed by atoms with Crippen molar-refractivity contribution in [2.75, 3.05) is 13.1 Å². The topological polar surface area (TPSA) is 78.1 Å². The molecule has 2 amide bonds. The predicted molar refractivity (Wildman–Crippen MR) is 90.2 cm³/mol. The molecule has 0 spiro atoms. The molecule has 1 atom stereocenters. The number of H-pyrrole nitrogens is 1. The number of nitrogens with one attached hydrogen (secondary N) is 2.